The van der Waals surface area contributed by atoms with Crippen molar-refractivity contribution in [3.8, 4) is 0 Å². The molecule has 0 aliphatic heterocycles. The Hall–Kier alpha value is -1.47. The molecule has 0 bridgehead atoms. The van der Waals surface area contributed by atoms with Crippen LogP contribution < -0.4 is 5.32 Å². The lowest BCUT2D eigenvalue weighted by Gasteiger charge is -2.03. The van der Waals surface area contributed by atoms with Gasteiger partial charge in [0.1, 0.15) is 5.69 Å². The number of hydrogen-bond acceptors (Lipinski definition) is 5. The molecule has 7 heteroatoms. The molecular weight excluding hydrogens is 306 g/mol. The fourth-order valence-corrected chi connectivity index (χ4v) is 2.32. The number of hydrogen-bond donors (Lipinski definition) is 1. The molecule has 1 aromatic heterocycles. The first-order valence-corrected chi connectivity index (χ1v) is 6.30. The molecule has 88 valence electrons. The molecule has 1 N–H and O–H groups in total. The maximum absolute atomic E-state index is 10.9. The second-order valence-electron chi connectivity index (χ2n) is 3.32. The lowest BCUT2D eigenvalue weighted by molar-refractivity contribution is -0.384. The summed E-state index contributed by atoms with van der Waals surface area (Å²) in [5, 5.41) is 14.5. The van der Waals surface area contributed by atoms with Crippen LogP contribution in [-0.4, -0.2) is 9.91 Å². The van der Waals surface area contributed by atoms with Crippen LogP contribution in [0.1, 0.15) is 4.88 Å². The van der Waals surface area contributed by atoms with Crippen LogP contribution in [0.15, 0.2) is 28.9 Å². The third kappa shape index (κ3) is 2.80. The first-order valence-electron chi connectivity index (χ1n) is 4.69. The summed E-state index contributed by atoms with van der Waals surface area (Å²) in [4.78, 5) is 15.6. The Labute approximate surface area is 110 Å². The Bertz CT molecular complexity index is 570. The average molecular weight is 314 g/mol. The smallest absolute Gasteiger partial charge is 0.293 e. The van der Waals surface area contributed by atoms with Crippen molar-refractivity contribution in [1.82, 2.24) is 4.98 Å². The van der Waals surface area contributed by atoms with Gasteiger partial charge in [-0.2, -0.15) is 0 Å². The highest BCUT2D eigenvalue weighted by Crippen LogP contribution is 2.31. The first kappa shape index (κ1) is 12.0. The number of aromatic nitrogens is 1. The number of thiazole rings is 1. The van der Waals surface area contributed by atoms with Crippen LogP contribution in [0.2, 0.25) is 0 Å². The van der Waals surface area contributed by atoms with E-state index in [2.05, 4.69) is 26.2 Å². The zero-order valence-corrected chi connectivity index (χ0v) is 11.2. The molecule has 2 aromatic rings. The summed E-state index contributed by atoms with van der Waals surface area (Å²) < 4.78 is 0.671. The number of nitro groups is 1. The van der Waals surface area contributed by atoms with Gasteiger partial charge in [0.15, 0.2) is 5.13 Å². The van der Waals surface area contributed by atoms with E-state index in [9.17, 15) is 10.1 Å². The molecule has 1 heterocycles. The quantitative estimate of drug-likeness (QED) is 0.690. The van der Waals surface area contributed by atoms with Crippen LogP contribution in [-0.2, 0) is 0 Å². The fraction of sp³-hybridized carbons (Fsp3) is 0.100. The maximum Gasteiger partial charge on any atom is 0.293 e. The second kappa shape index (κ2) is 4.80. The number of aryl methyl sites for hydroxylation is 1. The number of benzene rings is 1. The number of nitrogens with one attached hydrogen (secondary N) is 1. The highest BCUT2D eigenvalue weighted by molar-refractivity contribution is 9.10. The van der Waals surface area contributed by atoms with Gasteiger partial charge in [0.05, 0.1) is 4.92 Å². The zero-order valence-electron chi connectivity index (χ0n) is 8.81. The van der Waals surface area contributed by atoms with E-state index in [-0.39, 0.29) is 5.69 Å². The summed E-state index contributed by atoms with van der Waals surface area (Å²) in [6.07, 6.45) is 1.72. The summed E-state index contributed by atoms with van der Waals surface area (Å²) in [6.45, 7) is 1.93. The van der Waals surface area contributed by atoms with Gasteiger partial charge in [0.2, 0.25) is 0 Å². The number of anilines is 2. The molecule has 0 aliphatic carbocycles. The average Bonchev–Trinajstić information content (AvgIpc) is 2.66. The summed E-state index contributed by atoms with van der Waals surface area (Å²) >= 11 is 4.66. The number of rotatable bonds is 3. The van der Waals surface area contributed by atoms with Gasteiger partial charge < -0.3 is 5.32 Å². The van der Waals surface area contributed by atoms with E-state index in [4.69, 9.17) is 0 Å². The highest BCUT2D eigenvalue weighted by atomic mass is 79.9. The Morgan fingerprint density at radius 2 is 2.29 bits per heavy atom. The number of nitrogens with zero attached hydrogens (tertiary/aromatic N) is 2. The van der Waals surface area contributed by atoms with Gasteiger partial charge in [-0.15, -0.1) is 11.3 Å². The predicted molar refractivity (Wildman–Crippen MR) is 70.9 cm³/mol. The van der Waals surface area contributed by atoms with E-state index < -0.39 is 4.92 Å². The van der Waals surface area contributed by atoms with Gasteiger partial charge in [0, 0.05) is 21.6 Å². The van der Waals surface area contributed by atoms with E-state index in [0.29, 0.717) is 15.3 Å². The Morgan fingerprint density at radius 1 is 1.53 bits per heavy atom. The van der Waals surface area contributed by atoms with Gasteiger partial charge in [-0.05, 0) is 19.1 Å². The van der Waals surface area contributed by atoms with Crippen molar-refractivity contribution in [2.24, 2.45) is 0 Å². The second-order valence-corrected chi connectivity index (χ2v) is 5.47. The predicted octanol–water partition coefficient (Wildman–Crippen LogP) is 3.87. The summed E-state index contributed by atoms with van der Waals surface area (Å²) in [5.41, 5.74) is 0.458. The van der Waals surface area contributed by atoms with E-state index in [1.807, 2.05) is 6.92 Å². The third-order valence-corrected chi connectivity index (χ3v) is 3.34. The van der Waals surface area contributed by atoms with E-state index in [0.717, 1.165) is 4.88 Å². The molecule has 5 nitrogen and oxygen atoms in total. The third-order valence-electron chi connectivity index (χ3n) is 2.02. The van der Waals surface area contributed by atoms with Gasteiger partial charge in [-0.3, -0.25) is 10.1 Å². The lowest BCUT2D eigenvalue weighted by Crippen LogP contribution is -1.96. The van der Waals surface area contributed by atoms with Crippen molar-refractivity contribution in [3.05, 3.63) is 43.9 Å². The van der Waals surface area contributed by atoms with E-state index >= 15 is 0 Å². The Morgan fingerprint density at radius 3 is 2.88 bits per heavy atom. The van der Waals surface area contributed by atoms with Crippen LogP contribution in [0.5, 0.6) is 0 Å². The normalized spacial score (nSPS) is 10.2. The minimum absolute atomic E-state index is 0.0206. The summed E-state index contributed by atoms with van der Waals surface area (Å²) in [6, 6.07) is 4.86. The molecule has 0 saturated carbocycles. The molecule has 0 saturated heterocycles. The van der Waals surface area contributed by atoms with Crippen molar-refractivity contribution < 1.29 is 4.92 Å². The molecular formula is C10H8BrN3O2S. The zero-order chi connectivity index (χ0) is 12.4. The van der Waals surface area contributed by atoms with Gasteiger partial charge in [-0.1, -0.05) is 15.9 Å². The standard InChI is InChI=1S/C10H8BrN3O2S/c1-6-5-12-10(17-6)13-8-3-2-7(11)4-9(8)14(15)16/h2-5H,1H3,(H,12,13). The monoisotopic (exact) mass is 313 g/mol. The molecule has 1 aromatic carbocycles. The van der Waals surface area contributed by atoms with E-state index in [1.54, 1.807) is 18.3 Å². The van der Waals surface area contributed by atoms with Crippen molar-refractivity contribution in [2.45, 2.75) is 6.92 Å². The molecule has 2 rings (SSSR count). The molecule has 0 fully saturated rings. The van der Waals surface area contributed by atoms with Crippen LogP contribution in [0.25, 0.3) is 0 Å². The molecule has 0 spiro atoms. The topological polar surface area (TPSA) is 68.1 Å². The summed E-state index contributed by atoms with van der Waals surface area (Å²) in [7, 11) is 0. The first-order chi connectivity index (χ1) is 8.06. The van der Waals surface area contributed by atoms with Crippen LogP contribution >= 0.6 is 27.3 Å². The van der Waals surface area contributed by atoms with Crippen LogP contribution in [0.4, 0.5) is 16.5 Å². The van der Waals surface area contributed by atoms with E-state index in [1.165, 1.54) is 17.4 Å². The van der Waals surface area contributed by atoms with Gasteiger partial charge >= 0.3 is 0 Å². The van der Waals surface area contributed by atoms with Crippen molar-refractivity contribution in [3.63, 3.8) is 0 Å². The molecule has 0 unspecified atom stereocenters. The molecule has 0 amide bonds. The largest absolute Gasteiger partial charge is 0.326 e. The van der Waals surface area contributed by atoms with Gasteiger partial charge in [0.25, 0.3) is 5.69 Å². The van der Waals surface area contributed by atoms with Crippen molar-refractivity contribution in [1.29, 1.82) is 0 Å². The SMILES string of the molecule is Cc1cnc(Nc2ccc(Br)cc2[N+](=O)[O-])s1. The van der Waals surface area contributed by atoms with Crippen LogP contribution in [0, 0.1) is 17.0 Å². The van der Waals surface area contributed by atoms with Gasteiger partial charge in [-0.25, -0.2) is 4.98 Å². The fourth-order valence-electron chi connectivity index (χ4n) is 1.29. The molecule has 0 atom stereocenters. The summed E-state index contributed by atoms with van der Waals surface area (Å²) in [5.74, 6) is 0. The Balaban J connectivity index is 2.35. The minimum atomic E-state index is -0.423. The Kier molecular flexibility index (Phi) is 3.39. The molecule has 0 aliphatic rings. The van der Waals surface area contributed by atoms with Crippen molar-refractivity contribution in [2.75, 3.05) is 5.32 Å². The number of nitro benzene ring substituents is 1. The maximum atomic E-state index is 10.9. The lowest BCUT2D eigenvalue weighted by atomic mass is 10.3. The molecule has 0 radical (unpaired) electrons. The highest BCUT2D eigenvalue weighted by Gasteiger charge is 2.15. The number of halogens is 1. The minimum Gasteiger partial charge on any atom is -0.326 e. The molecule has 17 heavy (non-hydrogen) atoms. The van der Waals surface area contributed by atoms with Crippen LogP contribution in [0.3, 0.4) is 0 Å². The van der Waals surface area contributed by atoms with Crippen molar-refractivity contribution >= 4 is 43.8 Å².